The molecule has 0 unspecified atom stereocenters. The van der Waals surface area contributed by atoms with Crippen LogP contribution in [-0.2, 0) is 6.54 Å². The second kappa shape index (κ2) is 6.19. The van der Waals surface area contributed by atoms with Crippen molar-refractivity contribution in [1.82, 2.24) is 0 Å². The molecule has 0 heterocycles. The van der Waals surface area contributed by atoms with E-state index in [1.54, 1.807) is 18.2 Å². The highest BCUT2D eigenvalue weighted by Gasteiger charge is 2.16. The number of nitrogens with one attached hydrogen (secondary N) is 1. The maximum atomic E-state index is 13.9. The molecule has 2 aromatic carbocycles. The van der Waals surface area contributed by atoms with E-state index in [4.69, 9.17) is 11.6 Å². The van der Waals surface area contributed by atoms with E-state index in [0.29, 0.717) is 10.7 Å². The fourth-order valence-corrected chi connectivity index (χ4v) is 2.23. The molecule has 7 heteroatoms. The van der Waals surface area contributed by atoms with Crippen molar-refractivity contribution in [3.05, 3.63) is 67.4 Å². The Hall–Kier alpha value is -1.66. The zero-order valence-corrected chi connectivity index (χ0v) is 12.4. The number of hydrogen-bond donors (Lipinski definition) is 1. The summed E-state index contributed by atoms with van der Waals surface area (Å²) < 4.78 is 14.7. The molecule has 20 heavy (non-hydrogen) atoms. The molecule has 0 saturated heterocycles. The number of benzene rings is 2. The van der Waals surface area contributed by atoms with Gasteiger partial charge in [0.1, 0.15) is 0 Å². The van der Waals surface area contributed by atoms with Gasteiger partial charge in [-0.1, -0.05) is 23.7 Å². The molecular weight excluding hydrogens is 351 g/mol. The van der Waals surface area contributed by atoms with Gasteiger partial charge in [0.05, 0.1) is 10.6 Å². The highest BCUT2D eigenvalue weighted by atomic mass is 79.9. The average molecular weight is 360 g/mol. The van der Waals surface area contributed by atoms with E-state index in [0.717, 1.165) is 10.5 Å². The van der Waals surface area contributed by atoms with Crippen LogP contribution in [0.15, 0.2) is 40.9 Å². The second-order valence-electron chi connectivity index (χ2n) is 3.99. The fraction of sp³-hybridized carbons (Fsp3) is 0.0769. The van der Waals surface area contributed by atoms with Crippen molar-refractivity contribution >= 4 is 38.9 Å². The number of anilines is 1. The Labute approximate surface area is 127 Å². The van der Waals surface area contributed by atoms with Crippen molar-refractivity contribution in [2.75, 3.05) is 5.32 Å². The molecule has 0 fully saturated rings. The summed E-state index contributed by atoms with van der Waals surface area (Å²) in [5.74, 6) is -0.830. The molecule has 0 aliphatic rings. The standard InChI is InChI=1S/C13H9BrClFN2O2/c14-10-5-4-9(15)6-11(10)17-7-8-2-1-3-12(13(8)16)18(19)20/h1-6,17H,7H2. The highest BCUT2D eigenvalue weighted by Crippen LogP contribution is 2.27. The van der Waals surface area contributed by atoms with Crippen LogP contribution in [0.3, 0.4) is 0 Å². The van der Waals surface area contributed by atoms with E-state index in [9.17, 15) is 14.5 Å². The zero-order chi connectivity index (χ0) is 14.7. The third-order valence-corrected chi connectivity index (χ3v) is 3.58. The lowest BCUT2D eigenvalue weighted by Crippen LogP contribution is -2.04. The molecule has 0 radical (unpaired) electrons. The van der Waals surface area contributed by atoms with Gasteiger partial charge in [0.2, 0.25) is 5.82 Å². The topological polar surface area (TPSA) is 55.2 Å². The predicted molar refractivity (Wildman–Crippen MR) is 79.5 cm³/mol. The number of halogens is 3. The molecule has 0 atom stereocenters. The second-order valence-corrected chi connectivity index (χ2v) is 5.28. The van der Waals surface area contributed by atoms with E-state index in [1.165, 1.54) is 12.1 Å². The van der Waals surface area contributed by atoms with Crippen LogP contribution in [0.25, 0.3) is 0 Å². The van der Waals surface area contributed by atoms with Crippen molar-refractivity contribution in [2.24, 2.45) is 0 Å². The molecule has 0 saturated carbocycles. The first-order valence-electron chi connectivity index (χ1n) is 5.59. The summed E-state index contributed by atoms with van der Waals surface area (Å²) in [5.41, 5.74) is 0.365. The van der Waals surface area contributed by atoms with Crippen molar-refractivity contribution in [3.8, 4) is 0 Å². The number of nitro groups is 1. The molecule has 0 aliphatic heterocycles. The largest absolute Gasteiger partial charge is 0.380 e. The normalized spacial score (nSPS) is 10.3. The molecule has 1 N–H and O–H groups in total. The third-order valence-electron chi connectivity index (χ3n) is 2.65. The van der Waals surface area contributed by atoms with Gasteiger partial charge in [0, 0.05) is 27.7 Å². The molecule has 2 aromatic rings. The number of nitrogens with zero attached hydrogens (tertiary/aromatic N) is 1. The predicted octanol–water partition coefficient (Wildman–Crippen LogP) is 4.76. The van der Waals surface area contributed by atoms with Gasteiger partial charge in [0.15, 0.2) is 0 Å². The molecule has 4 nitrogen and oxygen atoms in total. The van der Waals surface area contributed by atoms with Crippen molar-refractivity contribution in [3.63, 3.8) is 0 Å². The van der Waals surface area contributed by atoms with Gasteiger partial charge in [-0.25, -0.2) is 0 Å². The smallest absolute Gasteiger partial charge is 0.305 e. The summed E-state index contributed by atoms with van der Waals surface area (Å²) in [6, 6.07) is 9.23. The summed E-state index contributed by atoms with van der Waals surface area (Å²) in [6.07, 6.45) is 0. The third kappa shape index (κ3) is 3.26. The van der Waals surface area contributed by atoms with Gasteiger partial charge < -0.3 is 5.32 Å². The summed E-state index contributed by atoms with van der Waals surface area (Å²) in [4.78, 5) is 9.93. The minimum atomic E-state index is -0.830. The fourth-order valence-electron chi connectivity index (χ4n) is 1.67. The average Bonchev–Trinajstić information content (AvgIpc) is 2.41. The molecule has 104 valence electrons. The van der Waals surface area contributed by atoms with Crippen LogP contribution in [0, 0.1) is 15.9 Å². The lowest BCUT2D eigenvalue weighted by atomic mass is 10.2. The zero-order valence-electron chi connectivity index (χ0n) is 10.1. The van der Waals surface area contributed by atoms with Crippen molar-refractivity contribution < 1.29 is 9.31 Å². The minimum Gasteiger partial charge on any atom is -0.380 e. The summed E-state index contributed by atoms with van der Waals surface area (Å²) >= 11 is 9.21. The van der Waals surface area contributed by atoms with Gasteiger partial charge in [0.25, 0.3) is 0 Å². The molecule has 0 amide bonds. The van der Waals surface area contributed by atoms with Gasteiger partial charge >= 0.3 is 5.69 Å². The SMILES string of the molecule is O=[N+]([O-])c1cccc(CNc2cc(Cl)ccc2Br)c1F. The summed E-state index contributed by atoms with van der Waals surface area (Å²) in [7, 11) is 0. The molecule has 0 bridgehead atoms. The molecule has 0 aromatic heterocycles. The van der Waals surface area contributed by atoms with E-state index >= 15 is 0 Å². The Morgan fingerprint density at radius 2 is 2.10 bits per heavy atom. The van der Waals surface area contributed by atoms with Crippen LogP contribution >= 0.6 is 27.5 Å². The lowest BCUT2D eigenvalue weighted by Gasteiger charge is -2.09. The number of hydrogen-bond acceptors (Lipinski definition) is 3. The summed E-state index contributed by atoms with van der Waals surface area (Å²) in [6.45, 7) is 0.118. The molecular formula is C13H9BrClFN2O2. The van der Waals surface area contributed by atoms with Crippen LogP contribution in [0.5, 0.6) is 0 Å². The van der Waals surface area contributed by atoms with Crippen LogP contribution in [0.2, 0.25) is 5.02 Å². The van der Waals surface area contributed by atoms with E-state index in [1.807, 2.05) is 0 Å². The van der Waals surface area contributed by atoms with Gasteiger partial charge in [-0.3, -0.25) is 10.1 Å². The number of rotatable bonds is 4. The van der Waals surface area contributed by atoms with E-state index in [-0.39, 0.29) is 12.1 Å². The first-order chi connectivity index (χ1) is 9.49. The Balaban J connectivity index is 2.21. The lowest BCUT2D eigenvalue weighted by molar-refractivity contribution is -0.387. The first-order valence-corrected chi connectivity index (χ1v) is 6.77. The Kier molecular flexibility index (Phi) is 4.57. The minimum absolute atomic E-state index is 0.118. The molecule has 0 spiro atoms. The van der Waals surface area contributed by atoms with E-state index in [2.05, 4.69) is 21.2 Å². The quantitative estimate of drug-likeness (QED) is 0.632. The Morgan fingerprint density at radius 1 is 1.35 bits per heavy atom. The number of nitro benzene ring substituents is 1. The highest BCUT2D eigenvalue weighted by molar-refractivity contribution is 9.10. The monoisotopic (exact) mass is 358 g/mol. The van der Waals surface area contributed by atoms with Gasteiger partial charge in [-0.15, -0.1) is 0 Å². The summed E-state index contributed by atoms with van der Waals surface area (Å²) in [5, 5.41) is 14.2. The van der Waals surface area contributed by atoms with Crippen LogP contribution < -0.4 is 5.32 Å². The maximum Gasteiger partial charge on any atom is 0.305 e. The Morgan fingerprint density at radius 3 is 2.80 bits per heavy atom. The maximum absolute atomic E-state index is 13.9. The van der Waals surface area contributed by atoms with Crippen LogP contribution in [0.4, 0.5) is 15.8 Å². The van der Waals surface area contributed by atoms with Crippen molar-refractivity contribution in [2.45, 2.75) is 6.54 Å². The molecule has 0 aliphatic carbocycles. The van der Waals surface area contributed by atoms with Gasteiger partial charge in [-0.05, 0) is 34.1 Å². The van der Waals surface area contributed by atoms with Crippen molar-refractivity contribution in [1.29, 1.82) is 0 Å². The molecule has 2 rings (SSSR count). The van der Waals surface area contributed by atoms with Crippen LogP contribution in [-0.4, -0.2) is 4.92 Å². The van der Waals surface area contributed by atoms with E-state index < -0.39 is 16.4 Å². The van der Waals surface area contributed by atoms with Crippen LogP contribution in [0.1, 0.15) is 5.56 Å². The Bertz CT molecular complexity index is 667. The van der Waals surface area contributed by atoms with Gasteiger partial charge in [-0.2, -0.15) is 4.39 Å². The first kappa shape index (κ1) is 14.7.